The van der Waals surface area contributed by atoms with Crippen molar-refractivity contribution >= 4 is 23.3 Å². The second kappa shape index (κ2) is 6.47. The Morgan fingerprint density at radius 1 is 1.42 bits per heavy atom. The number of aliphatic imine (C=N–C) groups is 1. The molecule has 0 spiro atoms. The van der Waals surface area contributed by atoms with Crippen LogP contribution in [0.25, 0.3) is 0 Å². The van der Waals surface area contributed by atoms with Gasteiger partial charge in [-0.3, -0.25) is 4.79 Å². The molecule has 0 amide bonds. The van der Waals surface area contributed by atoms with Gasteiger partial charge >= 0.3 is 0 Å². The van der Waals surface area contributed by atoms with Crippen LogP contribution in [0.4, 0.5) is 0 Å². The molecule has 1 fully saturated rings. The number of nitrogens with zero attached hydrogens (tertiary/aromatic N) is 1. The number of halogens is 1. The first-order chi connectivity index (χ1) is 11.4. The number of nitrogens with two attached hydrogens (primary N) is 1. The molecule has 3 rings (SSSR count). The van der Waals surface area contributed by atoms with E-state index in [2.05, 4.69) is 4.99 Å². The van der Waals surface area contributed by atoms with Crippen LogP contribution >= 0.6 is 11.6 Å². The van der Waals surface area contributed by atoms with E-state index in [1.165, 1.54) is 0 Å². The minimum atomic E-state index is -1.02. The number of aliphatic hydroxyl groups is 1. The predicted octanol–water partition coefficient (Wildman–Crippen LogP) is 2.43. The van der Waals surface area contributed by atoms with Gasteiger partial charge in [0.15, 0.2) is 11.6 Å². The SMILES string of the molecule is CC(O)C(C)C(N)C1=NC2(c3ccccc3Cl)CCCC(O1)C2=O. The average Bonchev–Trinajstić information content (AvgIpc) is 2.54. The third-order valence-electron chi connectivity index (χ3n) is 5.20. The van der Waals surface area contributed by atoms with Gasteiger partial charge in [0.05, 0.1) is 12.1 Å². The van der Waals surface area contributed by atoms with Gasteiger partial charge in [-0.1, -0.05) is 36.7 Å². The lowest BCUT2D eigenvalue weighted by atomic mass is 9.73. The van der Waals surface area contributed by atoms with Crippen LogP contribution in [0.1, 0.15) is 38.7 Å². The van der Waals surface area contributed by atoms with Crippen LogP contribution in [-0.4, -0.2) is 35.0 Å². The van der Waals surface area contributed by atoms with E-state index in [1.807, 2.05) is 25.1 Å². The molecule has 0 saturated heterocycles. The molecule has 3 N–H and O–H groups in total. The molecule has 1 saturated carbocycles. The van der Waals surface area contributed by atoms with Gasteiger partial charge in [-0.05, 0) is 32.3 Å². The van der Waals surface area contributed by atoms with Gasteiger partial charge < -0.3 is 15.6 Å². The zero-order valence-corrected chi connectivity index (χ0v) is 14.7. The van der Waals surface area contributed by atoms with Crippen molar-refractivity contribution in [2.24, 2.45) is 16.6 Å². The van der Waals surface area contributed by atoms with Crippen LogP contribution in [-0.2, 0) is 15.1 Å². The molecule has 24 heavy (non-hydrogen) atoms. The maximum atomic E-state index is 13.0. The maximum Gasteiger partial charge on any atom is 0.205 e. The number of carbonyl (C=O) groups excluding carboxylic acids is 1. The fourth-order valence-corrected chi connectivity index (χ4v) is 3.74. The van der Waals surface area contributed by atoms with E-state index >= 15 is 0 Å². The minimum Gasteiger partial charge on any atom is -0.468 e. The Morgan fingerprint density at radius 2 is 2.12 bits per heavy atom. The van der Waals surface area contributed by atoms with Crippen LogP contribution in [0, 0.1) is 5.92 Å². The van der Waals surface area contributed by atoms with E-state index < -0.39 is 23.8 Å². The number of ketones is 1. The Labute approximate surface area is 146 Å². The van der Waals surface area contributed by atoms with E-state index in [-0.39, 0.29) is 11.7 Å². The predicted molar refractivity (Wildman–Crippen MR) is 93.1 cm³/mol. The molecule has 0 radical (unpaired) electrons. The summed E-state index contributed by atoms with van der Waals surface area (Å²) in [5, 5.41) is 10.3. The number of carbonyl (C=O) groups is 1. The van der Waals surface area contributed by atoms with Gasteiger partial charge in [0.25, 0.3) is 0 Å². The maximum absolute atomic E-state index is 13.0. The summed E-state index contributed by atoms with van der Waals surface area (Å²) in [5.74, 6) is 0.0519. The monoisotopic (exact) mass is 350 g/mol. The highest BCUT2D eigenvalue weighted by Gasteiger charge is 2.52. The molecule has 6 heteroatoms. The molecule has 5 unspecified atom stereocenters. The van der Waals surface area contributed by atoms with Crippen LogP contribution < -0.4 is 5.73 Å². The van der Waals surface area contributed by atoms with Crippen molar-refractivity contribution in [1.82, 2.24) is 0 Å². The summed E-state index contributed by atoms with van der Waals surface area (Å²) in [7, 11) is 0. The molecule has 1 aliphatic carbocycles. The number of fused-ring (bicyclic) bond motifs is 2. The van der Waals surface area contributed by atoms with Crippen molar-refractivity contribution in [1.29, 1.82) is 0 Å². The second-order valence-electron chi connectivity index (χ2n) is 6.78. The molecule has 1 aliphatic heterocycles. The lowest BCUT2D eigenvalue weighted by molar-refractivity contribution is -0.137. The van der Waals surface area contributed by atoms with Gasteiger partial charge in [-0.2, -0.15) is 0 Å². The number of ether oxygens (including phenoxy) is 1. The van der Waals surface area contributed by atoms with E-state index in [4.69, 9.17) is 22.1 Å². The van der Waals surface area contributed by atoms with Gasteiger partial charge in [0.2, 0.25) is 11.7 Å². The number of benzene rings is 1. The third kappa shape index (κ3) is 2.75. The number of hydrogen-bond donors (Lipinski definition) is 2. The molecule has 1 heterocycles. The molecular weight excluding hydrogens is 328 g/mol. The van der Waals surface area contributed by atoms with E-state index in [0.717, 1.165) is 6.42 Å². The van der Waals surface area contributed by atoms with Crippen molar-refractivity contribution in [2.75, 3.05) is 0 Å². The molecule has 130 valence electrons. The zero-order valence-electron chi connectivity index (χ0n) is 13.9. The highest BCUT2D eigenvalue weighted by Crippen LogP contribution is 2.44. The third-order valence-corrected chi connectivity index (χ3v) is 5.53. The fraction of sp³-hybridized carbons (Fsp3) is 0.556. The van der Waals surface area contributed by atoms with Crippen molar-refractivity contribution in [3.8, 4) is 0 Å². The normalized spacial score (nSPS) is 30.1. The van der Waals surface area contributed by atoms with E-state index in [0.29, 0.717) is 29.3 Å². The van der Waals surface area contributed by atoms with Crippen LogP contribution in [0.5, 0.6) is 0 Å². The van der Waals surface area contributed by atoms with Crippen LogP contribution in [0.3, 0.4) is 0 Å². The molecule has 5 atom stereocenters. The van der Waals surface area contributed by atoms with Gasteiger partial charge in [0.1, 0.15) is 0 Å². The first-order valence-electron chi connectivity index (χ1n) is 8.36. The Balaban J connectivity index is 2.09. The van der Waals surface area contributed by atoms with Crippen molar-refractivity contribution in [3.05, 3.63) is 34.9 Å². The number of aliphatic hydroxyl groups excluding tert-OH is 1. The lowest BCUT2D eigenvalue weighted by Gasteiger charge is -2.43. The first-order valence-corrected chi connectivity index (χ1v) is 8.74. The molecular formula is C18H23ClN2O3. The Kier molecular flexibility index (Phi) is 4.69. The Bertz CT molecular complexity index is 676. The summed E-state index contributed by atoms with van der Waals surface area (Å²) < 4.78 is 5.81. The topological polar surface area (TPSA) is 84.9 Å². The van der Waals surface area contributed by atoms with Gasteiger partial charge in [0, 0.05) is 16.5 Å². The highest BCUT2D eigenvalue weighted by atomic mass is 35.5. The number of Topliss-reactive ketones (excluding diaryl/α,β-unsaturated/α-hetero) is 1. The van der Waals surface area contributed by atoms with E-state index in [1.54, 1.807) is 13.0 Å². The second-order valence-corrected chi connectivity index (χ2v) is 7.19. The van der Waals surface area contributed by atoms with Crippen LogP contribution in [0.2, 0.25) is 5.02 Å². The largest absolute Gasteiger partial charge is 0.468 e. The highest BCUT2D eigenvalue weighted by molar-refractivity contribution is 6.32. The quantitative estimate of drug-likeness (QED) is 0.873. The van der Waals surface area contributed by atoms with Gasteiger partial charge in [-0.25, -0.2) is 4.99 Å². The zero-order chi connectivity index (χ0) is 17.5. The Morgan fingerprint density at radius 3 is 2.79 bits per heavy atom. The summed E-state index contributed by atoms with van der Waals surface area (Å²) in [5.41, 5.74) is 5.94. The number of rotatable bonds is 4. The molecule has 1 aromatic rings. The molecule has 0 aromatic heterocycles. The molecule has 2 bridgehead atoms. The smallest absolute Gasteiger partial charge is 0.205 e. The standard InChI is InChI=1S/C18H23ClN2O3/c1-10(11(2)22)15(20)17-21-18(12-6-3-4-7-13(12)19)9-5-8-14(24-17)16(18)23/h3-4,6-7,10-11,14-15,22H,5,8-9,20H2,1-2H3. The van der Waals surface area contributed by atoms with Crippen molar-refractivity contribution in [3.63, 3.8) is 0 Å². The van der Waals surface area contributed by atoms with Crippen LogP contribution in [0.15, 0.2) is 29.3 Å². The summed E-state index contributed by atoms with van der Waals surface area (Å²) >= 11 is 6.37. The summed E-state index contributed by atoms with van der Waals surface area (Å²) in [6.45, 7) is 3.53. The van der Waals surface area contributed by atoms with Crippen molar-refractivity contribution < 1.29 is 14.6 Å². The molecule has 1 aromatic carbocycles. The number of hydrogen-bond acceptors (Lipinski definition) is 5. The molecule has 2 aliphatic rings. The first kappa shape index (κ1) is 17.4. The minimum absolute atomic E-state index is 0.0532. The van der Waals surface area contributed by atoms with E-state index in [9.17, 15) is 9.90 Å². The average molecular weight is 351 g/mol. The summed E-state index contributed by atoms with van der Waals surface area (Å²) in [6.07, 6.45) is 0.934. The lowest BCUT2D eigenvalue weighted by Crippen LogP contribution is -2.55. The summed E-state index contributed by atoms with van der Waals surface area (Å²) in [4.78, 5) is 17.6. The fourth-order valence-electron chi connectivity index (χ4n) is 3.45. The van der Waals surface area contributed by atoms with Crippen molar-refractivity contribution in [2.45, 2.75) is 56.9 Å². The summed E-state index contributed by atoms with van der Waals surface area (Å²) in [6, 6.07) is 6.74. The molecule has 5 nitrogen and oxygen atoms in total. The van der Waals surface area contributed by atoms with Gasteiger partial charge in [-0.15, -0.1) is 0 Å². The Hall–Kier alpha value is -1.43.